The van der Waals surface area contributed by atoms with Crippen molar-refractivity contribution in [3.8, 4) is 5.75 Å². The quantitative estimate of drug-likeness (QED) is 0.293. The number of rotatable bonds is 5. The Hall–Kier alpha value is -3.18. The maximum atomic E-state index is 12.9. The van der Waals surface area contributed by atoms with Crippen LogP contribution in [-0.2, 0) is 0 Å². The lowest BCUT2D eigenvalue weighted by Gasteiger charge is -2.04. The number of halogens is 2. The third-order valence-corrected chi connectivity index (χ3v) is 3.64. The highest BCUT2D eigenvalue weighted by Crippen LogP contribution is 2.16. The average molecular weight is 369 g/mol. The van der Waals surface area contributed by atoms with E-state index in [0.29, 0.717) is 10.8 Å². The van der Waals surface area contributed by atoms with Crippen molar-refractivity contribution in [3.63, 3.8) is 0 Å². The Morgan fingerprint density at radius 1 is 1.04 bits per heavy atom. The lowest BCUT2D eigenvalue weighted by molar-refractivity contribution is 0.0734. The lowest BCUT2D eigenvalue weighted by Crippen LogP contribution is -2.08. The zero-order valence-corrected chi connectivity index (χ0v) is 14.3. The van der Waals surface area contributed by atoms with Crippen LogP contribution in [-0.4, -0.2) is 12.2 Å². The van der Waals surface area contributed by atoms with E-state index in [0.717, 1.165) is 11.3 Å². The van der Waals surface area contributed by atoms with E-state index in [1.165, 1.54) is 24.3 Å². The van der Waals surface area contributed by atoms with Gasteiger partial charge in [0.1, 0.15) is 11.6 Å². The molecule has 3 aromatic rings. The maximum Gasteiger partial charge on any atom is 0.343 e. The van der Waals surface area contributed by atoms with Crippen LogP contribution in [0.5, 0.6) is 5.75 Å². The van der Waals surface area contributed by atoms with Crippen molar-refractivity contribution in [2.45, 2.75) is 0 Å². The summed E-state index contributed by atoms with van der Waals surface area (Å²) in [5.41, 5.74) is 4.75. The first-order valence-corrected chi connectivity index (χ1v) is 8.10. The molecular weight excluding hydrogens is 355 g/mol. The van der Waals surface area contributed by atoms with E-state index in [9.17, 15) is 9.18 Å². The maximum absolute atomic E-state index is 12.9. The summed E-state index contributed by atoms with van der Waals surface area (Å²) in [7, 11) is 0. The van der Waals surface area contributed by atoms with Crippen molar-refractivity contribution >= 4 is 29.5 Å². The zero-order chi connectivity index (χ0) is 18.4. The number of nitrogens with zero attached hydrogens (tertiary/aromatic N) is 1. The van der Waals surface area contributed by atoms with Gasteiger partial charge < -0.3 is 4.74 Å². The predicted molar refractivity (Wildman–Crippen MR) is 100 cm³/mol. The number of hydrogen-bond acceptors (Lipinski definition) is 4. The molecule has 26 heavy (non-hydrogen) atoms. The van der Waals surface area contributed by atoms with Gasteiger partial charge in [-0.1, -0.05) is 17.7 Å². The molecule has 0 aliphatic rings. The highest BCUT2D eigenvalue weighted by molar-refractivity contribution is 6.30. The molecule has 0 spiro atoms. The largest absolute Gasteiger partial charge is 0.423 e. The number of anilines is 1. The molecule has 3 aromatic carbocycles. The van der Waals surface area contributed by atoms with Crippen LogP contribution in [0.2, 0.25) is 5.02 Å². The molecule has 0 bridgehead atoms. The molecule has 0 amide bonds. The van der Waals surface area contributed by atoms with Crippen LogP contribution in [0.4, 0.5) is 10.1 Å². The minimum Gasteiger partial charge on any atom is -0.423 e. The number of ether oxygens (including phenoxy) is 1. The fourth-order valence-corrected chi connectivity index (χ4v) is 2.30. The van der Waals surface area contributed by atoms with E-state index in [1.54, 1.807) is 42.6 Å². The number of esters is 1. The monoisotopic (exact) mass is 368 g/mol. The molecule has 0 fully saturated rings. The summed E-state index contributed by atoms with van der Waals surface area (Å²) in [4.78, 5) is 12.0. The van der Waals surface area contributed by atoms with Gasteiger partial charge in [-0.05, 0) is 72.3 Å². The van der Waals surface area contributed by atoms with Crippen molar-refractivity contribution in [2.75, 3.05) is 5.43 Å². The summed E-state index contributed by atoms with van der Waals surface area (Å²) in [6.45, 7) is 0. The molecular formula is C20H14ClFN2O2. The molecule has 0 radical (unpaired) electrons. The fraction of sp³-hybridized carbons (Fsp3) is 0. The minimum absolute atomic E-state index is 0.280. The van der Waals surface area contributed by atoms with Gasteiger partial charge in [-0.2, -0.15) is 5.10 Å². The summed E-state index contributed by atoms with van der Waals surface area (Å²) >= 11 is 5.90. The molecule has 6 heteroatoms. The van der Waals surface area contributed by atoms with E-state index in [4.69, 9.17) is 16.3 Å². The number of hydrazone groups is 1. The first-order valence-electron chi connectivity index (χ1n) is 7.72. The van der Waals surface area contributed by atoms with Crippen LogP contribution in [0.25, 0.3) is 0 Å². The van der Waals surface area contributed by atoms with Gasteiger partial charge in [-0.15, -0.1) is 0 Å². The van der Waals surface area contributed by atoms with Gasteiger partial charge in [0.25, 0.3) is 0 Å². The Kier molecular flexibility index (Phi) is 5.61. The van der Waals surface area contributed by atoms with E-state index >= 15 is 0 Å². The molecule has 0 aromatic heterocycles. The number of hydrogen-bond donors (Lipinski definition) is 1. The molecule has 0 atom stereocenters. The smallest absolute Gasteiger partial charge is 0.343 e. The Morgan fingerprint density at radius 3 is 2.46 bits per heavy atom. The standard InChI is InChI=1S/C20H14ClFN2O2/c21-16-2-1-3-18(12-16)24-23-13-14-4-10-19(11-5-14)26-20(25)15-6-8-17(22)9-7-15/h1-13,24H. The minimum atomic E-state index is -0.547. The second-order valence-corrected chi connectivity index (χ2v) is 5.78. The van der Waals surface area contributed by atoms with Crippen molar-refractivity contribution in [3.05, 3.63) is 94.8 Å². The van der Waals surface area contributed by atoms with Gasteiger partial charge in [-0.25, -0.2) is 9.18 Å². The van der Waals surface area contributed by atoms with Crippen molar-refractivity contribution in [1.29, 1.82) is 0 Å². The second kappa shape index (κ2) is 8.27. The average Bonchev–Trinajstić information content (AvgIpc) is 2.64. The number of nitrogens with one attached hydrogen (secondary N) is 1. The van der Waals surface area contributed by atoms with E-state index < -0.39 is 11.8 Å². The van der Waals surface area contributed by atoms with Crippen LogP contribution < -0.4 is 10.2 Å². The van der Waals surface area contributed by atoms with Gasteiger partial charge >= 0.3 is 5.97 Å². The van der Waals surface area contributed by atoms with E-state index in [1.807, 2.05) is 12.1 Å². The second-order valence-electron chi connectivity index (χ2n) is 5.35. The zero-order valence-electron chi connectivity index (χ0n) is 13.5. The third-order valence-electron chi connectivity index (χ3n) is 3.40. The van der Waals surface area contributed by atoms with Crippen LogP contribution >= 0.6 is 11.6 Å². The number of carbonyl (C=O) groups excluding carboxylic acids is 1. The highest BCUT2D eigenvalue weighted by atomic mass is 35.5. The molecule has 3 rings (SSSR count). The summed E-state index contributed by atoms with van der Waals surface area (Å²) in [5.74, 6) is -0.565. The van der Waals surface area contributed by atoms with Crippen molar-refractivity contribution < 1.29 is 13.9 Å². The summed E-state index contributed by atoms with van der Waals surface area (Å²) in [5, 5.41) is 4.75. The molecule has 0 aliphatic carbocycles. The molecule has 0 saturated heterocycles. The normalized spacial score (nSPS) is 10.7. The fourth-order valence-electron chi connectivity index (χ4n) is 2.11. The summed E-state index contributed by atoms with van der Waals surface area (Å²) < 4.78 is 18.1. The topological polar surface area (TPSA) is 50.7 Å². The Morgan fingerprint density at radius 2 is 1.77 bits per heavy atom. The number of benzene rings is 3. The molecule has 0 saturated carbocycles. The van der Waals surface area contributed by atoms with Crippen LogP contribution in [0.1, 0.15) is 15.9 Å². The van der Waals surface area contributed by atoms with Gasteiger partial charge in [0.2, 0.25) is 0 Å². The Balaban J connectivity index is 1.58. The number of carbonyl (C=O) groups is 1. The first-order chi connectivity index (χ1) is 12.6. The molecule has 1 N–H and O–H groups in total. The van der Waals surface area contributed by atoms with Gasteiger partial charge in [0.05, 0.1) is 17.5 Å². The van der Waals surface area contributed by atoms with E-state index in [2.05, 4.69) is 10.5 Å². The lowest BCUT2D eigenvalue weighted by atomic mass is 10.2. The predicted octanol–water partition coefficient (Wildman–Crippen LogP) is 5.14. The molecule has 0 unspecified atom stereocenters. The van der Waals surface area contributed by atoms with Crippen molar-refractivity contribution in [2.24, 2.45) is 5.10 Å². The van der Waals surface area contributed by atoms with Crippen LogP contribution in [0, 0.1) is 5.82 Å². The first kappa shape index (κ1) is 17.6. The Labute approximate surface area is 154 Å². The molecule has 0 heterocycles. The summed E-state index contributed by atoms with van der Waals surface area (Å²) in [6.07, 6.45) is 1.63. The van der Waals surface area contributed by atoms with Crippen LogP contribution in [0.15, 0.2) is 77.9 Å². The third kappa shape index (κ3) is 4.91. The Bertz CT molecular complexity index is 925. The van der Waals surface area contributed by atoms with E-state index in [-0.39, 0.29) is 5.56 Å². The molecule has 130 valence electrons. The van der Waals surface area contributed by atoms with Crippen molar-refractivity contribution in [1.82, 2.24) is 0 Å². The molecule has 4 nitrogen and oxygen atoms in total. The summed E-state index contributed by atoms with van der Waals surface area (Å²) in [6, 6.07) is 19.2. The van der Waals surface area contributed by atoms with Crippen LogP contribution in [0.3, 0.4) is 0 Å². The highest BCUT2D eigenvalue weighted by Gasteiger charge is 2.08. The van der Waals surface area contributed by atoms with Gasteiger partial charge in [0, 0.05) is 5.02 Å². The van der Waals surface area contributed by atoms with Gasteiger partial charge in [0.15, 0.2) is 0 Å². The van der Waals surface area contributed by atoms with Gasteiger partial charge in [-0.3, -0.25) is 5.43 Å². The SMILES string of the molecule is O=C(Oc1ccc(C=NNc2cccc(Cl)c2)cc1)c1ccc(F)cc1. The molecule has 0 aliphatic heterocycles.